The lowest BCUT2D eigenvalue weighted by molar-refractivity contribution is -0.138. The molecule has 20 heavy (non-hydrogen) atoms. The summed E-state index contributed by atoms with van der Waals surface area (Å²) >= 11 is 0. The first-order chi connectivity index (χ1) is 9.40. The summed E-state index contributed by atoms with van der Waals surface area (Å²) in [4.78, 5) is 24.2. The molecular formula is C14H20N4O2. The smallest absolute Gasteiger partial charge is 0.270 e. The van der Waals surface area contributed by atoms with Gasteiger partial charge in [0.1, 0.15) is 6.04 Å². The molecule has 0 aromatic rings. The SMILES string of the molecule is C=C1CCC(N(N)C(=O)C2=CCC(C)C=C2N)C(=O)N1. The van der Waals surface area contributed by atoms with Crippen LogP contribution in [-0.4, -0.2) is 22.9 Å². The predicted molar refractivity (Wildman–Crippen MR) is 75.5 cm³/mol. The molecule has 0 aromatic carbocycles. The number of nitrogens with zero attached hydrogens (tertiary/aromatic N) is 1. The maximum Gasteiger partial charge on any atom is 0.270 e. The molecule has 1 aliphatic heterocycles. The van der Waals surface area contributed by atoms with Gasteiger partial charge in [0.2, 0.25) is 5.91 Å². The number of allylic oxidation sites excluding steroid dienone is 3. The topological polar surface area (TPSA) is 101 Å². The molecule has 6 heteroatoms. The van der Waals surface area contributed by atoms with E-state index < -0.39 is 11.9 Å². The van der Waals surface area contributed by atoms with Gasteiger partial charge in [0.05, 0.1) is 5.57 Å². The highest BCUT2D eigenvalue weighted by molar-refractivity contribution is 6.00. The van der Waals surface area contributed by atoms with Gasteiger partial charge in [0.15, 0.2) is 0 Å². The van der Waals surface area contributed by atoms with Crippen molar-refractivity contribution in [3.05, 3.63) is 35.7 Å². The second-order valence-corrected chi connectivity index (χ2v) is 5.31. The Kier molecular flexibility index (Phi) is 3.94. The van der Waals surface area contributed by atoms with Crippen molar-refractivity contribution >= 4 is 11.8 Å². The summed E-state index contributed by atoms with van der Waals surface area (Å²) in [6.45, 7) is 5.72. The molecule has 108 valence electrons. The maximum absolute atomic E-state index is 12.4. The second-order valence-electron chi connectivity index (χ2n) is 5.31. The van der Waals surface area contributed by atoms with Crippen LogP contribution in [0.5, 0.6) is 0 Å². The van der Waals surface area contributed by atoms with Crippen LogP contribution in [0.4, 0.5) is 0 Å². The number of nitrogens with one attached hydrogen (secondary N) is 1. The van der Waals surface area contributed by atoms with Crippen molar-refractivity contribution < 1.29 is 9.59 Å². The molecule has 0 aromatic heterocycles. The molecule has 1 heterocycles. The number of hydrazine groups is 1. The molecule has 2 rings (SSSR count). The van der Waals surface area contributed by atoms with Crippen LogP contribution in [0.15, 0.2) is 35.7 Å². The molecule has 2 amide bonds. The minimum absolute atomic E-state index is 0.301. The van der Waals surface area contributed by atoms with Crippen molar-refractivity contribution in [1.29, 1.82) is 0 Å². The highest BCUT2D eigenvalue weighted by Crippen LogP contribution is 2.22. The van der Waals surface area contributed by atoms with E-state index in [2.05, 4.69) is 11.9 Å². The molecule has 2 aliphatic rings. The summed E-state index contributed by atoms with van der Waals surface area (Å²) < 4.78 is 0. The zero-order valence-electron chi connectivity index (χ0n) is 11.6. The van der Waals surface area contributed by atoms with E-state index in [9.17, 15) is 9.59 Å². The normalized spacial score (nSPS) is 26.5. The number of amides is 2. The van der Waals surface area contributed by atoms with Gasteiger partial charge in [0, 0.05) is 11.4 Å². The quantitative estimate of drug-likeness (QED) is 0.383. The summed E-state index contributed by atoms with van der Waals surface area (Å²) in [7, 11) is 0. The molecule has 0 spiro atoms. The van der Waals surface area contributed by atoms with Crippen LogP contribution in [0.3, 0.4) is 0 Å². The summed E-state index contributed by atoms with van der Waals surface area (Å²) in [5.74, 6) is 5.41. The highest BCUT2D eigenvalue weighted by atomic mass is 16.2. The van der Waals surface area contributed by atoms with E-state index in [1.807, 2.05) is 13.0 Å². The number of piperidine rings is 1. The number of nitrogens with two attached hydrogens (primary N) is 2. The summed E-state index contributed by atoms with van der Waals surface area (Å²) in [6, 6.07) is -0.680. The molecule has 1 saturated heterocycles. The van der Waals surface area contributed by atoms with Crippen molar-refractivity contribution in [3.8, 4) is 0 Å². The summed E-state index contributed by atoms with van der Waals surface area (Å²) in [6.07, 6.45) is 5.44. The summed E-state index contributed by atoms with van der Waals surface area (Å²) in [5, 5.41) is 3.59. The third kappa shape index (κ3) is 2.75. The Balaban J connectivity index is 2.11. The zero-order valence-corrected chi connectivity index (χ0v) is 11.6. The van der Waals surface area contributed by atoms with Crippen molar-refractivity contribution in [3.63, 3.8) is 0 Å². The first-order valence-electron chi connectivity index (χ1n) is 6.65. The monoisotopic (exact) mass is 276 g/mol. The van der Waals surface area contributed by atoms with Crippen molar-refractivity contribution in [1.82, 2.24) is 10.3 Å². The average molecular weight is 276 g/mol. The number of carbonyl (C=O) groups excluding carboxylic acids is 2. The van der Waals surface area contributed by atoms with Crippen LogP contribution in [0.2, 0.25) is 0 Å². The van der Waals surface area contributed by atoms with Gasteiger partial charge in [-0.05, 0) is 25.2 Å². The standard InChI is InChI=1S/C14H20N4O2/c1-8-3-5-10(11(15)7-8)14(20)18(16)12-6-4-9(2)17-13(12)19/h5,7-8,12H,2-4,6,15-16H2,1H3,(H,17,19). The van der Waals surface area contributed by atoms with Crippen LogP contribution in [0, 0.1) is 5.92 Å². The second kappa shape index (κ2) is 5.50. The van der Waals surface area contributed by atoms with Crippen LogP contribution in [0.1, 0.15) is 26.2 Å². The van der Waals surface area contributed by atoms with Crippen LogP contribution < -0.4 is 16.9 Å². The first-order valence-corrected chi connectivity index (χ1v) is 6.65. The minimum Gasteiger partial charge on any atom is -0.398 e. The minimum atomic E-state index is -0.680. The molecule has 0 saturated carbocycles. The molecule has 2 unspecified atom stereocenters. The van der Waals surface area contributed by atoms with E-state index in [0.29, 0.717) is 35.7 Å². The molecule has 1 fully saturated rings. The van der Waals surface area contributed by atoms with Crippen LogP contribution >= 0.6 is 0 Å². The lowest BCUT2D eigenvalue weighted by Crippen LogP contribution is -2.55. The van der Waals surface area contributed by atoms with E-state index in [4.69, 9.17) is 11.6 Å². The number of hydrogen-bond acceptors (Lipinski definition) is 4. The van der Waals surface area contributed by atoms with Gasteiger partial charge in [-0.15, -0.1) is 0 Å². The number of carbonyl (C=O) groups is 2. The third-order valence-corrected chi connectivity index (χ3v) is 3.59. The van der Waals surface area contributed by atoms with E-state index in [1.54, 1.807) is 6.08 Å². The predicted octanol–water partition coefficient (Wildman–Crippen LogP) is 0.290. The van der Waals surface area contributed by atoms with Gasteiger partial charge in [-0.1, -0.05) is 25.7 Å². The fourth-order valence-electron chi connectivity index (χ4n) is 2.40. The average Bonchev–Trinajstić information content (AvgIpc) is 2.37. The molecular weight excluding hydrogens is 256 g/mol. The Bertz CT molecular complexity index is 521. The molecule has 6 nitrogen and oxygen atoms in total. The van der Waals surface area contributed by atoms with Gasteiger partial charge in [-0.2, -0.15) is 0 Å². The van der Waals surface area contributed by atoms with Gasteiger partial charge < -0.3 is 11.1 Å². The molecule has 0 bridgehead atoms. The largest absolute Gasteiger partial charge is 0.398 e. The fraction of sp³-hybridized carbons (Fsp3) is 0.429. The van der Waals surface area contributed by atoms with E-state index >= 15 is 0 Å². The molecule has 2 atom stereocenters. The van der Waals surface area contributed by atoms with Gasteiger partial charge in [-0.25, -0.2) is 5.84 Å². The Morgan fingerprint density at radius 3 is 2.85 bits per heavy atom. The lowest BCUT2D eigenvalue weighted by Gasteiger charge is -2.31. The molecule has 0 radical (unpaired) electrons. The maximum atomic E-state index is 12.4. The van der Waals surface area contributed by atoms with Gasteiger partial charge in [0.25, 0.3) is 5.91 Å². The van der Waals surface area contributed by atoms with E-state index in [-0.39, 0.29) is 5.91 Å². The highest BCUT2D eigenvalue weighted by Gasteiger charge is 2.33. The van der Waals surface area contributed by atoms with E-state index in [0.717, 1.165) is 11.4 Å². The third-order valence-electron chi connectivity index (χ3n) is 3.59. The van der Waals surface area contributed by atoms with Gasteiger partial charge in [-0.3, -0.25) is 14.6 Å². The zero-order chi connectivity index (χ0) is 14.9. The molecule has 1 aliphatic carbocycles. The lowest BCUT2D eigenvalue weighted by atomic mass is 9.94. The Labute approximate surface area is 118 Å². The Morgan fingerprint density at radius 2 is 2.25 bits per heavy atom. The summed E-state index contributed by atoms with van der Waals surface area (Å²) in [5.41, 5.74) is 7.32. The van der Waals surface area contributed by atoms with Crippen LogP contribution in [-0.2, 0) is 9.59 Å². The van der Waals surface area contributed by atoms with Crippen molar-refractivity contribution in [2.24, 2.45) is 17.5 Å². The Morgan fingerprint density at radius 1 is 1.55 bits per heavy atom. The van der Waals surface area contributed by atoms with Crippen molar-refractivity contribution in [2.45, 2.75) is 32.2 Å². The number of hydrogen-bond donors (Lipinski definition) is 3. The first kappa shape index (κ1) is 14.3. The Hall–Kier alpha value is -2.08. The fourth-order valence-corrected chi connectivity index (χ4v) is 2.40. The van der Waals surface area contributed by atoms with Crippen LogP contribution in [0.25, 0.3) is 0 Å². The van der Waals surface area contributed by atoms with Crippen molar-refractivity contribution in [2.75, 3.05) is 0 Å². The molecule has 5 N–H and O–H groups in total. The number of rotatable bonds is 2. The van der Waals surface area contributed by atoms with Gasteiger partial charge >= 0.3 is 0 Å². The van der Waals surface area contributed by atoms with E-state index in [1.165, 1.54) is 0 Å².